The highest BCUT2D eigenvalue weighted by Gasteiger charge is 2.26. The largest absolute Gasteiger partial charge is 0.318 e. The summed E-state index contributed by atoms with van der Waals surface area (Å²) in [5.41, 5.74) is 7.89. The summed E-state index contributed by atoms with van der Waals surface area (Å²) in [7, 11) is 0. The second-order valence-electron chi connectivity index (χ2n) is 4.42. The van der Waals surface area contributed by atoms with Crippen molar-refractivity contribution in [3.8, 4) is 0 Å². The summed E-state index contributed by atoms with van der Waals surface area (Å²) in [6.45, 7) is 3.81. The first-order chi connectivity index (χ1) is 8.01. The Bertz CT molecular complexity index is 518. The minimum atomic E-state index is -0.847. The van der Waals surface area contributed by atoms with Crippen molar-refractivity contribution in [3.63, 3.8) is 0 Å². The molecule has 0 fully saturated rings. The van der Waals surface area contributed by atoms with Crippen molar-refractivity contribution >= 4 is 0 Å². The molecule has 0 aliphatic carbocycles. The molecular weight excluding hydrogens is 215 g/mol. The molecule has 0 saturated heterocycles. The summed E-state index contributed by atoms with van der Waals surface area (Å²) in [6, 6.07) is 9.42. The Hall–Kier alpha value is -1.74. The van der Waals surface area contributed by atoms with Crippen LogP contribution in [0.25, 0.3) is 0 Å². The molecule has 0 amide bonds. The Morgan fingerprint density at radius 3 is 2.41 bits per heavy atom. The van der Waals surface area contributed by atoms with Crippen LogP contribution >= 0.6 is 0 Å². The van der Waals surface area contributed by atoms with E-state index in [1.807, 2.05) is 31.2 Å². The molecule has 0 spiro atoms. The van der Waals surface area contributed by atoms with E-state index < -0.39 is 5.54 Å². The van der Waals surface area contributed by atoms with E-state index >= 15 is 0 Å². The molecule has 0 bridgehead atoms. The zero-order valence-electron chi connectivity index (χ0n) is 9.94. The molecule has 1 heterocycles. The van der Waals surface area contributed by atoms with Gasteiger partial charge in [-0.2, -0.15) is 0 Å². The van der Waals surface area contributed by atoms with Crippen molar-refractivity contribution in [3.05, 3.63) is 65.2 Å². The maximum Gasteiger partial charge on any atom is 0.146 e. The predicted octanol–water partition coefficient (Wildman–Crippen LogP) is 2.75. The number of rotatable bonds is 2. The fourth-order valence-corrected chi connectivity index (χ4v) is 1.85. The van der Waals surface area contributed by atoms with Crippen molar-refractivity contribution in [1.82, 2.24) is 4.98 Å². The lowest BCUT2D eigenvalue weighted by atomic mass is 9.85. The van der Waals surface area contributed by atoms with Crippen molar-refractivity contribution in [2.75, 3.05) is 0 Å². The Kier molecular flexibility index (Phi) is 2.94. The molecule has 88 valence electrons. The molecule has 17 heavy (non-hydrogen) atoms. The average molecular weight is 230 g/mol. The first-order valence-electron chi connectivity index (χ1n) is 5.48. The van der Waals surface area contributed by atoms with E-state index in [1.165, 1.54) is 6.20 Å². The van der Waals surface area contributed by atoms with E-state index in [0.717, 1.165) is 11.1 Å². The van der Waals surface area contributed by atoms with Gasteiger partial charge in [0.25, 0.3) is 0 Å². The van der Waals surface area contributed by atoms with Crippen molar-refractivity contribution < 1.29 is 4.39 Å². The number of benzene rings is 1. The summed E-state index contributed by atoms with van der Waals surface area (Å²) in [5.74, 6) is -0.377. The molecule has 3 heteroatoms. The molecule has 2 rings (SSSR count). The third-order valence-electron chi connectivity index (χ3n) is 2.98. The Labute approximate surface area is 100 Å². The van der Waals surface area contributed by atoms with Crippen LogP contribution in [0.5, 0.6) is 0 Å². The molecule has 0 aliphatic rings. The van der Waals surface area contributed by atoms with Crippen molar-refractivity contribution in [1.29, 1.82) is 0 Å². The zero-order valence-corrected chi connectivity index (χ0v) is 9.94. The number of halogens is 1. The van der Waals surface area contributed by atoms with Crippen LogP contribution in [-0.4, -0.2) is 4.98 Å². The normalized spacial score (nSPS) is 14.4. The number of hydrogen-bond acceptors (Lipinski definition) is 2. The van der Waals surface area contributed by atoms with Crippen LogP contribution in [0.4, 0.5) is 4.39 Å². The first-order valence-corrected chi connectivity index (χ1v) is 5.48. The monoisotopic (exact) mass is 230 g/mol. The van der Waals surface area contributed by atoms with Gasteiger partial charge in [0.05, 0.1) is 11.7 Å². The molecule has 1 aromatic heterocycles. The maximum atomic E-state index is 13.7. The molecule has 2 aromatic rings. The van der Waals surface area contributed by atoms with Gasteiger partial charge >= 0.3 is 0 Å². The van der Waals surface area contributed by atoms with Crippen LogP contribution in [0, 0.1) is 12.7 Å². The molecule has 2 N–H and O–H groups in total. The molecular formula is C14H15FN2. The number of aryl methyl sites for hydroxylation is 1. The van der Waals surface area contributed by atoms with Gasteiger partial charge in [0.1, 0.15) is 5.82 Å². The van der Waals surface area contributed by atoms with Gasteiger partial charge in [-0.1, -0.05) is 29.8 Å². The van der Waals surface area contributed by atoms with Gasteiger partial charge in [-0.25, -0.2) is 4.39 Å². The third-order valence-corrected chi connectivity index (χ3v) is 2.98. The van der Waals surface area contributed by atoms with E-state index in [0.29, 0.717) is 5.56 Å². The summed E-state index contributed by atoms with van der Waals surface area (Å²) in [6.07, 6.45) is 2.74. The molecule has 2 nitrogen and oxygen atoms in total. The van der Waals surface area contributed by atoms with E-state index in [4.69, 9.17) is 5.73 Å². The van der Waals surface area contributed by atoms with E-state index in [-0.39, 0.29) is 5.82 Å². The minimum absolute atomic E-state index is 0.377. The van der Waals surface area contributed by atoms with Gasteiger partial charge < -0.3 is 5.73 Å². The average Bonchev–Trinajstić information content (AvgIpc) is 2.30. The highest BCUT2D eigenvalue weighted by atomic mass is 19.1. The van der Waals surface area contributed by atoms with Gasteiger partial charge in [0.2, 0.25) is 0 Å². The molecule has 1 atom stereocenters. The SMILES string of the molecule is Cc1ccc(C(C)(N)c2ccncc2F)cc1. The highest BCUT2D eigenvalue weighted by molar-refractivity contribution is 5.37. The van der Waals surface area contributed by atoms with E-state index in [1.54, 1.807) is 19.2 Å². The predicted molar refractivity (Wildman–Crippen MR) is 66.0 cm³/mol. The quantitative estimate of drug-likeness (QED) is 0.861. The Balaban J connectivity index is 2.49. The molecule has 0 saturated carbocycles. The standard InChI is InChI=1S/C14H15FN2/c1-10-3-5-11(6-4-10)14(2,16)12-7-8-17-9-13(12)15/h3-9H,16H2,1-2H3. The Morgan fingerprint density at radius 2 is 1.82 bits per heavy atom. The lowest BCUT2D eigenvalue weighted by molar-refractivity contribution is 0.527. The topological polar surface area (TPSA) is 38.9 Å². The second kappa shape index (κ2) is 4.26. The van der Waals surface area contributed by atoms with Crippen LogP contribution in [0.3, 0.4) is 0 Å². The van der Waals surface area contributed by atoms with Gasteiger partial charge in [-0.15, -0.1) is 0 Å². The highest BCUT2D eigenvalue weighted by Crippen LogP contribution is 2.28. The van der Waals surface area contributed by atoms with E-state index in [9.17, 15) is 4.39 Å². The number of nitrogens with zero attached hydrogens (tertiary/aromatic N) is 1. The Morgan fingerprint density at radius 1 is 1.18 bits per heavy atom. The van der Waals surface area contributed by atoms with Crippen LogP contribution in [0.2, 0.25) is 0 Å². The number of pyridine rings is 1. The van der Waals surface area contributed by atoms with Crippen molar-refractivity contribution in [2.45, 2.75) is 19.4 Å². The number of nitrogens with two attached hydrogens (primary N) is 1. The van der Waals surface area contributed by atoms with Gasteiger partial charge in [-0.3, -0.25) is 4.98 Å². The van der Waals surface area contributed by atoms with E-state index in [2.05, 4.69) is 4.98 Å². The summed E-state index contributed by atoms with van der Waals surface area (Å²) in [4.78, 5) is 3.74. The summed E-state index contributed by atoms with van der Waals surface area (Å²) >= 11 is 0. The van der Waals surface area contributed by atoms with Crippen LogP contribution in [-0.2, 0) is 5.54 Å². The molecule has 0 aliphatic heterocycles. The minimum Gasteiger partial charge on any atom is -0.318 e. The second-order valence-corrected chi connectivity index (χ2v) is 4.42. The number of hydrogen-bond donors (Lipinski definition) is 1. The third kappa shape index (κ3) is 2.19. The van der Waals surface area contributed by atoms with Crippen LogP contribution in [0.1, 0.15) is 23.6 Å². The molecule has 0 radical (unpaired) electrons. The smallest absolute Gasteiger partial charge is 0.146 e. The zero-order chi connectivity index (χ0) is 12.5. The summed E-state index contributed by atoms with van der Waals surface area (Å²) < 4.78 is 13.7. The van der Waals surface area contributed by atoms with Crippen LogP contribution in [0.15, 0.2) is 42.7 Å². The summed E-state index contributed by atoms with van der Waals surface area (Å²) in [5, 5.41) is 0. The van der Waals surface area contributed by atoms with Crippen molar-refractivity contribution in [2.24, 2.45) is 5.73 Å². The molecule has 1 unspecified atom stereocenters. The number of aromatic nitrogens is 1. The fraction of sp³-hybridized carbons (Fsp3) is 0.214. The fourth-order valence-electron chi connectivity index (χ4n) is 1.85. The first kappa shape index (κ1) is 11.7. The lowest BCUT2D eigenvalue weighted by Crippen LogP contribution is -2.35. The maximum absolute atomic E-state index is 13.7. The van der Waals surface area contributed by atoms with Gasteiger partial charge in [-0.05, 0) is 25.5 Å². The van der Waals surface area contributed by atoms with Crippen LogP contribution < -0.4 is 5.73 Å². The lowest BCUT2D eigenvalue weighted by Gasteiger charge is -2.26. The van der Waals surface area contributed by atoms with Gasteiger partial charge in [0, 0.05) is 11.8 Å². The van der Waals surface area contributed by atoms with Gasteiger partial charge in [0.15, 0.2) is 0 Å². The molecule has 1 aromatic carbocycles.